The lowest BCUT2D eigenvalue weighted by Crippen LogP contribution is -2.00. The number of rotatable bonds is 3. The molecule has 1 N–H and O–H groups in total. The SMILES string of the molecule is O=C(CF)c1ccc(CO)cc1. The van der Waals surface area contributed by atoms with Gasteiger partial charge in [-0.15, -0.1) is 0 Å². The molecule has 0 unspecified atom stereocenters. The van der Waals surface area contributed by atoms with Crippen molar-refractivity contribution in [1.82, 2.24) is 0 Å². The highest BCUT2D eigenvalue weighted by atomic mass is 19.1. The summed E-state index contributed by atoms with van der Waals surface area (Å²) >= 11 is 0. The third kappa shape index (κ3) is 1.89. The van der Waals surface area contributed by atoms with Gasteiger partial charge in [0.2, 0.25) is 0 Å². The van der Waals surface area contributed by atoms with Crippen LogP contribution >= 0.6 is 0 Å². The van der Waals surface area contributed by atoms with E-state index in [4.69, 9.17) is 5.11 Å². The predicted molar refractivity (Wildman–Crippen MR) is 42.7 cm³/mol. The van der Waals surface area contributed by atoms with Crippen molar-refractivity contribution in [3.05, 3.63) is 35.4 Å². The van der Waals surface area contributed by atoms with Crippen molar-refractivity contribution in [3.8, 4) is 0 Å². The van der Waals surface area contributed by atoms with Crippen LogP contribution in [0.5, 0.6) is 0 Å². The summed E-state index contributed by atoms with van der Waals surface area (Å²) in [6.07, 6.45) is 0. The molecule has 12 heavy (non-hydrogen) atoms. The van der Waals surface area contributed by atoms with Crippen LogP contribution in [0.15, 0.2) is 24.3 Å². The van der Waals surface area contributed by atoms with Crippen LogP contribution in [0, 0.1) is 0 Å². The first-order valence-corrected chi connectivity index (χ1v) is 3.57. The van der Waals surface area contributed by atoms with E-state index in [0.29, 0.717) is 11.1 Å². The number of hydrogen-bond acceptors (Lipinski definition) is 2. The number of alkyl halides is 1. The third-order valence-corrected chi connectivity index (χ3v) is 1.58. The smallest absolute Gasteiger partial charge is 0.193 e. The maximum atomic E-state index is 11.9. The van der Waals surface area contributed by atoms with E-state index >= 15 is 0 Å². The van der Waals surface area contributed by atoms with E-state index in [9.17, 15) is 9.18 Å². The fourth-order valence-corrected chi connectivity index (χ4v) is 0.873. The van der Waals surface area contributed by atoms with Gasteiger partial charge in [0.1, 0.15) is 0 Å². The monoisotopic (exact) mass is 168 g/mol. The minimum atomic E-state index is -0.974. The Bertz CT molecular complexity index is 266. The highest BCUT2D eigenvalue weighted by molar-refractivity contribution is 5.96. The summed E-state index contributed by atoms with van der Waals surface area (Å²) in [6, 6.07) is 6.22. The number of halogens is 1. The summed E-state index contributed by atoms with van der Waals surface area (Å²) in [7, 11) is 0. The third-order valence-electron chi connectivity index (χ3n) is 1.58. The average Bonchev–Trinajstić information content (AvgIpc) is 2.17. The minimum Gasteiger partial charge on any atom is -0.392 e. The molecule has 1 aromatic carbocycles. The number of ketones is 1. The van der Waals surface area contributed by atoms with Crippen LogP contribution in [-0.2, 0) is 6.61 Å². The van der Waals surface area contributed by atoms with Gasteiger partial charge in [0.05, 0.1) is 6.61 Å². The Balaban J connectivity index is 2.84. The summed E-state index contributed by atoms with van der Waals surface area (Å²) in [5.41, 5.74) is 1.06. The van der Waals surface area contributed by atoms with Crippen LogP contribution in [0.3, 0.4) is 0 Å². The molecule has 0 radical (unpaired) electrons. The van der Waals surface area contributed by atoms with E-state index in [1.807, 2.05) is 0 Å². The van der Waals surface area contributed by atoms with Crippen LogP contribution in [0.25, 0.3) is 0 Å². The number of carbonyl (C=O) groups excluding carboxylic acids is 1. The molecule has 1 rings (SSSR count). The number of carbonyl (C=O) groups is 1. The van der Waals surface area contributed by atoms with Crippen LogP contribution in [0.4, 0.5) is 4.39 Å². The second kappa shape index (κ2) is 3.97. The van der Waals surface area contributed by atoms with Gasteiger partial charge in [-0.25, -0.2) is 4.39 Å². The molecule has 0 fully saturated rings. The molecule has 0 atom stereocenters. The van der Waals surface area contributed by atoms with Gasteiger partial charge in [-0.3, -0.25) is 4.79 Å². The maximum absolute atomic E-state index is 11.9. The van der Waals surface area contributed by atoms with Gasteiger partial charge in [-0.1, -0.05) is 24.3 Å². The quantitative estimate of drug-likeness (QED) is 0.691. The van der Waals surface area contributed by atoms with E-state index < -0.39 is 12.5 Å². The second-order valence-electron chi connectivity index (χ2n) is 2.41. The number of aliphatic hydroxyl groups is 1. The lowest BCUT2D eigenvalue weighted by molar-refractivity contribution is 0.0958. The van der Waals surface area contributed by atoms with Crippen LogP contribution < -0.4 is 0 Å². The van der Waals surface area contributed by atoms with E-state index in [0.717, 1.165) is 0 Å². The van der Waals surface area contributed by atoms with Crippen LogP contribution in [0.2, 0.25) is 0 Å². The summed E-state index contributed by atoms with van der Waals surface area (Å²) in [5.74, 6) is -0.528. The Morgan fingerprint density at radius 3 is 2.33 bits per heavy atom. The lowest BCUT2D eigenvalue weighted by Gasteiger charge is -1.97. The predicted octanol–water partition coefficient (Wildman–Crippen LogP) is 1.33. The van der Waals surface area contributed by atoms with Gasteiger partial charge in [0.25, 0.3) is 0 Å². The lowest BCUT2D eigenvalue weighted by atomic mass is 10.1. The zero-order chi connectivity index (χ0) is 8.97. The molecule has 0 bridgehead atoms. The van der Waals surface area contributed by atoms with Gasteiger partial charge in [-0.05, 0) is 5.56 Å². The van der Waals surface area contributed by atoms with Gasteiger partial charge in [0, 0.05) is 5.56 Å². The van der Waals surface area contributed by atoms with E-state index in [-0.39, 0.29) is 6.61 Å². The average molecular weight is 168 g/mol. The zero-order valence-electron chi connectivity index (χ0n) is 6.46. The summed E-state index contributed by atoms with van der Waals surface area (Å²) in [4.78, 5) is 10.8. The van der Waals surface area contributed by atoms with E-state index in [1.165, 1.54) is 12.1 Å². The molecule has 0 aliphatic heterocycles. The largest absolute Gasteiger partial charge is 0.392 e. The maximum Gasteiger partial charge on any atom is 0.193 e. The zero-order valence-corrected chi connectivity index (χ0v) is 6.46. The molecule has 64 valence electrons. The van der Waals surface area contributed by atoms with E-state index in [1.54, 1.807) is 12.1 Å². The van der Waals surface area contributed by atoms with Crippen molar-refractivity contribution in [1.29, 1.82) is 0 Å². The molecule has 0 aliphatic carbocycles. The van der Waals surface area contributed by atoms with Gasteiger partial charge in [-0.2, -0.15) is 0 Å². The van der Waals surface area contributed by atoms with Gasteiger partial charge < -0.3 is 5.11 Å². The molecule has 0 saturated carbocycles. The standard InChI is InChI=1S/C9H9FO2/c10-5-9(12)8-3-1-7(6-11)2-4-8/h1-4,11H,5-6H2. The second-order valence-corrected chi connectivity index (χ2v) is 2.41. The Labute approximate surface area is 69.6 Å². The highest BCUT2D eigenvalue weighted by Crippen LogP contribution is 2.05. The van der Waals surface area contributed by atoms with Crippen molar-refractivity contribution in [2.45, 2.75) is 6.61 Å². The first-order valence-electron chi connectivity index (χ1n) is 3.57. The number of aliphatic hydroxyl groups excluding tert-OH is 1. The fraction of sp³-hybridized carbons (Fsp3) is 0.222. The van der Waals surface area contributed by atoms with Crippen molar-refractivity contribution < 1.29 is 14.3 Å². The fourth-order valence-electron chi connectivity index (χ4n) is 0.873. The summed E-state index contributed by atoms with van der Waals surface area (Å²) in [6.45, 7) is -1.04. The number of Topliss-reactive ketones (excluding diaryl/α,β-unsaturated/α-hetero) is 1. The molecule has 0 amide bonds. The Morgan fingerprint density at radius 2 is 1.92 bits per heavy atom. The van der Waals surface area contributed by atoms with Gasteiger partial charge >= 0.3 is 0 Å². The van der Waals surface area contributed by atoms with Crippen molar-refractivity contribution in [3.63, 3.8) is 0 Å². The number of hydrogen-bond donors (Lipinski definition) is 1. The van der Waals surface area contributed by atoms with E-state index in [2.05, 4.69) is 0 Å². The normalized spacial score (nSPS) is 9.83. The molecular weight excluding hydrogens is 159 g/mol. The van der Waals surface area contributed by atoms with Crippen molar-refractivity contribution in [2.75, 3.05) is 6.67 Å². The molecule has 1 aromatic rings. The summed E-state index contributed by atoms with van der Waals surface area (Å²) < 4.78 is 11.9. The van der Waals surface area contributed by atoms with Crippen LogP contribution in [-0.4, -0.2) is 17.6 Å². The first kappa shape index (κ1) is 8.87. The van der Waals surface area contributed by atoms with Crippen molar-refractivity contribution >= 4 is 5.78 Å². The molecule has 0 aromatic heterocycles. The Kier molecular flexibility index (Phi) is 2.94. The molecule has 2 nitrogen and oxygen atoms in total. The Morgan fingerprint density at radius 1 is 1.33 bits per heavy atom. The molecule has 0 saturated heterocycles. The van der Waals surface area contributed by atoms with Gasteiger partial charge in [0.15, 0.2) is 12.5 Å². The Hall–Kier alpha value is -1.22. The highest BCUT2D eigenvalue weighted by Gasteiger charge is 2.03. The topological polar surface area (TPSA) is 37.3 Å². The molecule has 0 heterocycles. The van der Waals surface area contributed by atoms with Crippen LogP contribution in [0.1, 0.15) is 15.9 Å². The molecular formula is C9H9FO2. The molecule has 0 aliphatic rings. The minimum absolute atomic E-state index is 0.0654. The first-order chi connectivity index (χ1) is 5.77. The number of benzene rings is 1. The summed E-state index contributed by atoms with van der Waals surface area (Å²) in [5, 5.41) is 8.67. The molecule has 3 heteroatoms. The van der Waals surface area contributed by atoms with Crippen molar-refractivity contribution in [2.24, 2.45) is 0 Å². The molecule has 0 spiro atoms.